The molecule has 1 N–H and O–H groups in total. The number of thiophene rings is 1. The molecule has 154 valence electrons. The van der Waals surface area contributed by atoms with Gasteiger partial charge in [-0.05, 0) is 61.4 Å². The van der Waals surface area contributed by atoms with Crippen LogP contribution in [0.2, 0.25) is 0 Å². The van der Waals surface area contributed by atoms with E-state index in [1.54, 1.807) is 31.2 Å². The van der Waals surface area contributed by atoms with Crippen molar-refractivity contribution in [1.82, 2.24) is 10.2 Å². The lowest BCUT2D eigenvalue weighted by atomic mass is 9.96. The molecule has 2 heterocycles. The van der Waals surface area contributed by atoms with E-state index in [0.29, 0.717) is 36.9 Å². The van der Waals surface area contributed by atoms with Crippen molar-refractivity contribution in [2.45, 2.75) is 19.8 Å². The number of carbonyl (C=O) groups excluding carboxylic acids is 3. The maximum atomic E-state index is 12.4. The highest BCUT2D eigenvalue weighted by molar-refractivity contribution is 7.12. The normalized spacial score (nSPS) is 14.3. The van der Waals surface area contributed by atoms with E-state index in [9.17, 15) is 14.4 Å². The topological polar surface area (TPSA) is 84.9 Å². The van der Waals surface area contributed by atoms with Gasteiger partial charge in [0.1, 0.15) is 5.75 Å². The summed E-state index contributed by atoms with van der Waals surface area (Å²) in [6.07, 6.45) is 0.960. The molecule has 1 aliphatic heterocycles. The number of hydrogen-bond acceptors (Lipinski definition) is 6. The summed E-state index contributed by atoms with van der Waals surface area (Å²) in [6.45, 7) is 3.91. The van der Waals surface area contributed by atoms with Gasteiger partial charge in [-0.2, -0.15) is 0 Å². The third-order valence-electron chi connectivity index (χ3n) is 4.76. The molecule has 0 saturated carbocycles. The Balaban J connectivity index is 1.42. The lowest BCUT2D eigenvalue weighted by molar-refractivity contribution is 0.0689. The zero-order valence-corrected chi connectivity index (χ0v) is 17.1. The van der Waals surface area contributed by atoms with Gasteiger partial charge < -0.3 is 19.7 Å². The molecule has 2 aromatic rings. The minimum atomic E-state index is -0.770. The summed E-state index contributed by atoms with van der Waals surface area (Å²) in [4.78, 5) is 38.7. The second-order valence-electron chi connectivity index (χ2n) is 6.73. The molecule has 1 saturated heterocycles. The van der Waals surface area contributed by atoms with Gasteiger partial charge in [0.2, 0.25) is 0 Å². The van der Waals surface area contributed by atoms with Crippen molar-refractivity contribution >= 4 is 29.3 Å². The van der Waals surface area contributed by atoms with Gasteiger partial charge in [-0.15, -0.1) is 11.3 Å². The van der Waals surface area contributed by atoms with Crippen LogP contribution in [0.4, 0.5) is 4.79 Å². The Hall–Kier alpha value is -2.87. The first kappa shape index (κ1) is 20.9. The largest absolute Gasteiger partial charge is 0.513 e. The molecule has 2 amide bonds. The zero-order chi connectivity index (χ0) is 20.6. The number of rotatable bonds is 6. The van der Waals surface area contributed by atoms with Crippen LogP contribution in [-0.2, 0) is 4.74 Å². The molecule has 0 bridgehead atoms. The van der Waals surface area contributed by atoms with Crippen LogP contribution in [-0.4, -0.2) is 49.1 Å². The van der Waals surface area contributed by atoms with Crippen molar-refractivity contribution in [3.63, 3.8) is 0 Å². The van der Waals surface area contributed by atoms with E-state index in [0.717, 1.165) is 17.7 Å². The Morgan fingerprint density at radius 2 is 1.86 bits per heavy atom. The van der Waals surface area contributed by atoms with Crippen molar-refractivity contribution in [3.05, 3.63) is 52.2 Å². The number of amides is 2. The Kier molecular flexibility index (Phi) is 7.24. The number of hydrogen-bond donors (Lipinski definition) is 1. The van der Waals surface area contributed by atoms with Gasteiger partial charge in [-0.3, -0.25) is 9.59 Å². The van der Waals surface area contributed by atoms with Gasteiger partial charge >= 0.3 is 6.16 Å². The van der Waals surface area contributed by atoms with Gasteiger partial charge in [0, 0.05) is 25.2 Å². The molecule has 0 spiro atoms. The number of benzene rings is 1. The first-order valence-electron chi connectivity index (χ1n) is 9.62. The van der Waals surface area contributed by atoms with E-state index in [4.69, 9.17) is 9.47 Å². The number of likely N-dealkylation sites (tertiary alicyclic amines) is 1. The number of nitrogens with zero attached hydrogens (tertiary/aromatic N) is 1. The summed E-state index contributed by atoms with van der Waals surface area (Å²) >= 11 is 1.46. The minimum absolute atomic E-state index is 0.0904. The maximum Gasteiger partial charge on any atom is 0.513 e. The monoisotopic (exact) mass is 416 g/mol. The second kappa shape index (κ2) is 10.1. The van der Waals surface area contributed by atoms with Crippen LogP contribution in [0.15, 0.2) is 41.8 Å². The van der Waals surface area contributed by atoms with Crippen LogP contribution < -0.4 is 10.1 Å². The third-order valence-corrected chi connectivity index (χ3v) is 5.62. The molecule has 1 fully saturated rings. The van der Waals surface area contributed by atoms with E-state index < -0.39 is 6.16 Å². The summed E-state index contributed by atoms with van der Waals surface area (Å²) in [5.74, 6) is 0.581. The first-order valence-corrected chi connectivity index (χ1v) is 10.5. The number of ether oxygens (including phenoxy) is 2. The van der Waals surface area contributed by atoms with Crippen LogP contribution in [0.5, 0.6) is 5.75 Å². The fourth-order valence-corrected chi connectivity index (χ4v) is 3.84. The molecule has 8 heteroatoms. The summed E-state index contributed by atoms with van der Waals surface area (Å²) in [5, 5.41) is 4.86. The van der Waals surface area contributed by atoms with Crippen molar-refractivity contribution in [2.24, 2.45) is 5.92 Å². The maximum absolute atomic E-state index is 12.4. The fourth-order valence-electron chi connectivity index (χ4n) is 3.15. The smallest absolute Gasteiger partial charge is 0.434 e. The van der Waals surface area contributed by atoms with Crippen LogP contribution in [0, 0.1) is 5.92 Å². The van der Waals surface area contributed by atoms with Crippen molar-refractivity contribution in [2.75, 3.05) is 26.2 Å². The summed E-state index contributed by atoms with van der Waals surface area (Å²) < 4.78 is 9.68. The van der Waals surface area contributed by atoms with Gasteiger partial charge in [-0.1, -0.05) is 6.07 Å². The van der Waals surface area contributed by atoms with Crippen LogP contribution in [0.1, 0.15) is 39.8 Å². The lowest BCUT2D eigenvalue weighted by Gasteiger charge is -2.31. The molecular formula is C21H24N2O5S. The number of carbonyl (C=O) groups is 3. The van der Waals surface area contributed by atoms with E-state index >= 15 is 0 Å². The van der Waals surface area contributed by atoms with Gasteiger partial charge in [0.25, 0.3) is 11.8 Å². The predicted molar refractivity (Wildman–Crippen MR) is 109 cm³/mol. The Morgan fingerprint density at radius 3 is 2.48 bits per heavy atom. The number of piperidine rings is 1. The molecule has 0 atom stereocenters. The molecule has 0 unspecified atom stereocenters. The molecule has 1 aromatic heterocycles. The van der Waals surface area contributed by atoms with Gasteiger partial charge in [0.15, 0.2) is 0 Å². The molecule has 0 radical (unpaired) electrons. The van der Waals surface area contributed by atoms with Crippen LogP contribution in [0.3, 0.4) is 0 Å². The molecule has 29 heavy (non-hydrogen) atoms. The van der Waals surface area contributed by atoms with Crippen molar-refractivity contribution in [1.29, 1.82) is 0 Å². The molecule has 1 aromatic carbocycles. The molecule has 3 rings (SSSR count). The highest BCUT2D eigenvalue weighted by Crippen LogP contribution is 2.20. The standard InChI is InChI=1S/C21H24N2O5S/c1-2-27-21(26)28-17-7-5-16(6-8-17)19(24)22-14-15-9-11-23(12-10-15)20(25)18-4-3-13-29-18/h3-8,13,15H,2,9-12,14H2,1H3,(H,22,24). The predicted octanol–water partition coefficient (Wildman–Crippen LogP) is 3.57. The van der Waals surface area contributed by atoms with Crippen molar-refractivity contribution < 1.29 is 23.9 Å². The highest BCUT2D eigenvalue weighted by Gasteiger charge is 2.24. The zero-order valence-electron chi connectivity index (χ0n) is 16.3. The lowest BCUT2D eigenvalue weighted by Crippen LogP contribution is -2.41. The van der Waals surface area contributed by atoms with E-state index in [1.165, 1.54) is 11.3 Å². The Morgan fingerprint density at radius 1 is 1.14 bits per heavy atom. The van der Waals surface area contributed by atoms with Crippen LogP contribution in [0.25, 0.3) is 0 Å². The minimum Gasteiger partial charge on any atom is -0.434 e. The van der Waals surface area contributed by atoms with Crippen LogP contribution >= 0.6 is 11.3 Å². The second-order valence-corrected chi connectivity index (χ2v) is 7.68. The summed E-state index contributed by atoms with van der Waals surface area (Å²) in [5.41, 5.74) is 0.492. The third kappa shape index (κ3) is 5.80. The Bertz CT molecular complexity index is 827. The molecule has 0 aliphatic carbocycles. The fraction of sp³-hybridized carbons (Fsp3) is 0.381. The van der Waals surface area contributed by atoms with Gasteiger partial charge in [0.05, 0.1) is 11.5 Å². The molecule has 7 nitrogen and oxygen atoms in total. The SMILES string of the molecule is CCOC(=O)Oc1ccc(C(=O)NCC2CCN(C(=O)c3cccs3)CC2)cc1. The summed E-state index contributed by atoms with van der Waals surface area (Å²) in [6, 6.07) is 10.1. The van der Waals surface area contributed by atoms with Crippen molar-refractivity contribution in [3.8, 4) is 5.75 Å². The first-order chi connectivity index (χ1) is 14.1. The summed E-state index contributed by atoms with van der Waals surface area (Å²) in [7, 11) is 0. The van der Waals surface area contributed by atoms with Gasteiger partial charge in [-0.25, -0.2) is 4.79 Å². The van der Waals surface area contributed by atoms with E-state index in [2.05, 4.69) is 5.32 Å². The quantitative estimate of drug-likeness (QED) is 0.575. The number of nitrogens with one attached hydrogen (secondary N) is 1. The average Bonchev–Trinajstić information content (AvgIpc) is 3.27. The van der Waals surface area contributed by atoms with E-state index in [1.807, 2.05) is 22.4 Å². The average molecular weight is 416 g/mol. The molecular weight excluding hydrogens is 392 g/mol. The van der Waals surface area contributed by atoms with E-state index in [-0.39, 0.29) is 18.4 Å². The highest BCUT2D eigenvalue weighted by atomic mass is 32.1. The Labute approximate surface area is 173 Å². The molecule has 1 aliphatic rings.